The molecule has 0 saturated heterocycles. The fourth-order valence-corrected chi connectivity index (χ4v) is 3.28. The Morgan fingerprint density at radius 1 is 1.20 bits per heavy atom. The van der Waals surface area contributed by atoms with Crippen LogP contribution in [0, 0.1) is 5.82 Å². The Bertz CT molecular complexity index is 762. The molecule has 0 radical (unpaired) electrons. The van der Waals surface area contributed by atoms with E-state index in [1.165, 1.54) is 25.4 Å². The summed E-state index contributed by atoms with van der Waals surface area (Å²) < 4.78 is 52.7. The van der Waals surface area contributed by atoms with Gasteiger partial charge in [0.05, 0.1) is 22.6 Å². The van der Waals surface area contributed by atoms with Gasteiger partial charge in [-0.3, -0.25) is 4.98 Å². The number of hydrogen-bond acceptors (Lipinski definition) is 3. The second kappa shape index (κ2) is 6.80. The molecule has 8 heteroatoms. The molecule has 1 aliphatic rings. The molecule has 0 amide bonds. The molecule has 0 spiro atoms. The molecule has 3 nitrogen and oxygen atoms in total. The number of pyridine rings is 1. The Morgan fingerprint density at radius 2 is 1.96 bits per heavy atom. The highest BCUT2D eigenvalue weighted by Gasteiger charge is 2.40. The lowest BCUT2D eigenvalue weighted by Gasteiger charge is -2.19. The average Bonchev–Trinajstić information content (AvgIpc) is 2.95. The monoisotopic (exact) mass is 373 g/mol. The van der Waals surface area contributed by atoms with Crippen molar-refractivity contribution in [1.29, 1.82) is 0 Å². The average molecular weight is 374 g/mol. The van der Waals surface area contributed by atoms with Crippen LogP contribution < -0.4 is 10.6 Å². The van der Waals surface area contributed by atoms with Gasteiger partial charge in [0.2, 0.25) is 0 Å². The maximum atomic E-state index is 14.0. The van der Waals surface area contributed by atoms with Crippen LogP contribution in [0.1, 0.15) is 22.9 Å². The normalized spacial score (nSPS) is 18.1. The maximum absolute atomic E-state index is 14.0. The lowest BCUT2D eigenvalue weighted by atomic mass is 10.1. The number of nitrogens with zero attached hydrogens (tertiary/aromatic N) is 1. The van der Waals surface area contributed by atoms with Crippen LogP contribution in [0.4, 0.5) is 23.2 Å². The third-order valence-corrected chi connectivity index (χ3v) is 4.57. The van der Waals surface area contributed by atoms with Crippen molar-refractivity contribution in [3.63, 3.8) is 0 Å². The standard InChI is InChI=1S/C17H16ClF4N3/c1-23-16(17(20,21)22)14-5-3-10(8-24-14)25-11-6-9-2-4-13(18)15(19)12(9)7-11/h2-5,8,11,16,23,25H,6-7H2,1H3/t11?,16-/m0/s1. The van der Waals surface area contributed by atoms with E-state index in [-0.39, 0.29) is 16.8 Å². The Hall–Kier alpha value is -1.86. The van der Waals surface area contributed by atoms with Gasteiger partial charge < -0.3 is 10.6 Å². The molecule has 0 bridgehead atoms. The predicted molar refractivity (Wildman–Crippen MR) is 88.3 cm³/mol. The lowest BCUT2D eigenvalue weighted by molar-refractivity contribution is -0.157. The Labute approximate surface area is 147 Å². The van der Waals surface area contributed by atoms with Crippen molar-refractivity contribution in [3.8, 4) is 0 Å². The highest BCUT2D eigenvalue weighted by Crippen LogP contribution is 2.33. The molecule has 1 aromatic carbocycles. The fraction of sp³-hybridized carbons (Fsp3) is 0.353. The molecule has 1 aliphatic carbocycles. The quantitative estimate of drug-likeness (QED) is 0.786. The summed E-state index contributed by atoms with van der Waals surface area (Å²) >= 11 is 5.79. The number of rotatable bonds is 4. The zero-order chi connectivity index (χ0) is 18.2. The minimum Gasteiger partial charge on any atom is -0.380 e. The maximum Gasteiger partial charge on any atom is 0.409 e. The first-order chi connectivity index (χ1) is 11.8. The summed E-state index contributed by atoms with van der Waals surface area (Å²) in [5.41, 5.74) is 1.95. The molecule has 1 heterocycles. The molecule has 2 atom stereocenters. The molecule has 0 aliphatic heterocycles. The van der Waals surface area contributed by atoms with Crippen molar-refractivity contribution in [2.75, 3.05) is 12.4 Å². The minimum absolute atomic E-state index is 0.0571. The van der Waals surface area contributed by atoms with Gasteiger partial charge in [0.25, 0.3) is 0 Å². The van der Waals surface area contributed by atoms with Gasteiger partial charge in [0, 0.05) is 6.04 Å². The molecular formula is C17H16ClF4N3. The largest absolute Gasteiger partial charge is 0.409 e. The Kier molecular flexibility index (Phi) is 4.88. The summed E-state index contributed by atoms with van der Waals surface area (Å²) in [6, 6.07) is 4.34. The molecule has 3 rings (SSSR count). The molecule has 2 N–H and O–H groups in total. The third kappa shape index (κ3) is 3.72. The van der Waals surface area contributed by atoms with Crippen LogP contribution in [0.2, 0.25) is 5.02 Å². The van der Waals surface area contributed by atoms with Gasteiger partial charge in [-0.05, 0) is 49.2 Å². The second-order valence-electron chi connectivity index (χ2n) is 5.98. The summed E-state index contributed by atoms with van der Waals surface area (Å²) in [4.78, 5) is 3.90. The van der Waals surface area contributed by atoms with Crippen LogP contribution in [-0.2, 0) is 12.8 Å². The van der Waals surface area contributed by atoms with Crippen LogP contribution in [0.15, 0.2) is 30.5 Å². The fourth-order valence-electron chi connectivity index (χ4n) is 3.11. The zero-order valence-corrected chi connectivity index (χ0v) is 14.0. The van der Waals surface area contributed by atoms with Gasteiger partial charge in [-0.2, -0.15) is 13.2 Å². The summed E-state index contributed by atoms with van der Waals surface area (Å²) in [7, 11) is 1.24. The number of benzene rings is 1. The summed E-state index contributed by atoms with van der Waals surface area (Å²) in [5, 5.41) is 5.49. The van der Waals surface area contributed by atoms with E-state index in [1.807, 2.05) is 0 Å². The zero-order valence-electron chi connectivity index (χ0n) is 13.3. The van der Waals surface area contributed by atoms with E-state index in [0.717, 1.165) is 5.56 Å². The van der Waals surface area contributed by atoms with E-state index in [4.69, 9.17) is 11.6 Å². The van der Waals surface area contributed by atoms with Crippen molar-refractivity contribution in [3.05, 3.63) is 58.1 Å². The number of fused-ring (bicyclic) bond motifs is 1. The Balaban J connectivity index is 1.70. The van der Waals surface area contributed by atoms with Crippen molar-refractivity contribution < 1.29 is 17.6 Å². The number of nitrogens with one attached hydrogen (secondary N) is 2. The SMILES string of the molecule is CN[C@@H](c1ccc(NC2Cc3ccc(Cl)c(F)c3C2)cn1)C(F)(F)F. The molecular weight excluding hydrogens is 358 g/mol. The first kappa shape index (κ1) is 17.9. The smallest absolute Gasteiger partial charge is 0.380 e. The highest BCUT2D eigenvalue weighted by molar-refractivity contribution is 6.30. The van der Waals surface area contributed by atoms with Gasteiger partial charge >= 0.3 is 6.18 Å². The summed E-state index contributed by atoms with van der Waals surface area (Å²) in [5.74, 6) is -0.404. The Morgan fingerprint density at radius 3 is 2.56 bits per heavy atom. The van der Waals surface area contributed by atoms with Gasteiger partial charge in [0.1, 0.15) is 11.9 Å². The van der Waals surface area contributed by atoms with Crippen molar-refractivity contribution >= 4 is 17.3 Å². The summed E-state index contributed by atoms with van der Waals surface area (Å²) in [6.07, 6.45) is -1.98. The van der Waals surface area contributed by atoms with Crippen molar-refractivity contribution in [2.45, 2.75) is 31.1 Å². The van der Waals surface area contributed by atoms with Gasteiger partial charge in [0.15, 0.2) is 0 Å². The molecule has 134 valence electrons. The lowest BCUT2D eigenvalue weighted by Crippen LogP contribution is -2.32. The van der Waals surface area contributed by atoms with Crippen LogP contribution in [0.3, 0.4) is 0 Å². The van der Waals surface area contributed by atoms with Gasteiger partial charge in [-0.25, -0.2) is 4.39 Å². The first-order valence-electron chi connectivity index (χ1n) is 7.72. The van der Waals surface area contributed by atoms with Crippen molar-refractivity contribution in [2.24, 2.45) is 0 Å². The van der Waals surface area contributed by atoms with E-state index < -0.39 is 18.0 Å². The topological polar surface area (TPSA) is 37.0 Å². The van der Waals surface area contributed by atoms with Crippen LogP contribution in [-0.4, -0.2) is 24.2 Å². The molecule has 0 saturated carbocycles. The van der Waals surface area contributed by atoms with Gasteiger partial charge in [-0.1, -0.05) is 17.7 Å². The number of hydrogen-bond donors (Lipinski definition) is 2. The van der Waals surface area contributed by atoms with E-state index >= 15 is 0 Å². The van der Waals surface area contributed by atoms with E-state index in [0.29, 0.717) is 24.1 Å². The molecule has 1 unspecified atom stereocenters. The first-order valence-corrected chi connectivity index (χ1v) is 8.09. The third-order valence-electron chi connectivity index (χ3n) is 4.28. The number of alkyl halides is 3. The van der Waals surface area contributed by atoms with Crippen LogP contribution in [0.5, 0.6) is 0 Å². The molecule has 0 fully saturated rings. The van der Waals surface area contributed by atoms with Crippen LogP contribution >= 0.6 is 11.6 Å². The number of halogens is 5. The van der Waals surface area contributed by atoms with Crippen LogP contribution in [0.25, 0.3) is 0 Å². The van der Waals surface area contributed by atoms with Gasteiger partial charge in [-0.15, -0.1) is 0 Å². The number of anilines is 1. The van der Waals surface area contributed by atoms with Crippen molar-refractivity contribution in [1.82, 2.24) is 10.3 Å². The molecule has 1 aromatic heterocycles. The minimum atomic E-state index is -4.42. The number of aromatic nitrogens is 1. The molecule has 2 aromatic rings. The second-order valence-corrected chi connectivity index (χ2v) is 6.39. The van der Waals surface area contributed by atoms with E-state index in [1.54, 1.807) is 12.1 Å². The van der Waals surface area contributed by atoms with E-state index in [2.05, 4.69) is 15.6 Å². The predicted octanol–water partition coefficient (Wildman–Crippen LogP) is 4.28. The van der Waals surface area contributed by atoms with E-state index in [9.17, 15) is 17.6 Å². The molecule has 25 heavy (non-hydrogen) atoms. The highest BCUT2D eigenvalue weighted by atomic mass is 35.5. The summed E-state index contributed by atoms with van der Waals surface area (Å²) in [6.45, 7) is 0.